The zero-order valence-electron chi connectivity index (χ0n) is 17.1. The molecule has 1 aromatic heterocycles. The van der Waals surface area contributed by atoms with Gasteiger partial charge in [-0.15, -0.1) is 0 Å². The Labute approximate surface area is 182 Å². The van der Waals surface area contributed by atoms with E-state index in [1.807, 2.05) is 0 Å². The molecule has 0 saturated carbocycles. The van der Waals surface area contributed by atoms with Gasteiger partial charge in [-0.2, -0.15) is 18.3 Å². The maximum Gasteiger partial charge on any atom is 0.416 e. The van der Waals surface area contributed by atoms with Crippen molar-refractivity contribution in [2.45, 2.75) is 31.6 Å². The molecule has 0 aliphatic carbocycles. The van der Waals surface area contributed by atoms with E-state index in [9.17, 15) is 22.4 Å². The van der Waals surface area contributed by atoms with Crippen LogP contribution < -0.4 is 5.32 Å². The second-order valence-corrected chi connectivity index (χ2v) is 7.83. The van der Waals surface area contributed by atoms with Crippen LogP contribution in [0.5, 0.6) is 0 Å². The number of rotatable bonds is 5. The van der Waals surface area contributed by atoms with Crippen molar-refractivity contribution < 1.29 is 22.4 Å². The van der Waals surface area contributed by atoms with Crippen molar-refractivity contribution in [1.29, 1.82) is 0 Å². The molecule has 5 nitrogen and oxygen atoms in total. The van der Waals surface area contributed by atoms with Gasteiger partial charge in [0.2, 0.25) is 0 Å². The number of nitrogens with one attached hydrogen (secondary N) is 1. The van der Waals surface area contributed by atoms with E-state index in [-0.39, 0.29) is 11.6 Å². The summed E-state index contributed by atoms with van der Waals surface area (Å²) in [6.45, 7) is 1.83. The fraction of sp³-hybridized carbons (Fsp3) is 0.304. The highest BCUT2D eigenvalue weighted by Gasteiger charge is 2.30. The van der Waals surface area contributed by atoms with Gasteiger partial charge in [0, 0.05) is 31.3 Å². The zero-order chi connectivity index (χ0) is 22.7. The Hall–Kier alpha value is -3.20. The summed E-state index contributed by atoms with van der Waals surface area (Å²) in [5.41, 5.74) is 0.203. The first-order valence-electron chi connectivity index (χ1n) is 10.3. The average molecular weight is 446 g/mol. The van der Waals surface area contributed by atoms with Crippen LogP contribution in [0.2, 0.25) is 0 Å². The number of alkyl halides is 3. The van der Waals surface area contributed by atoms with Gasteiger partial charge in [-0.1, -0.05) is 24.3 Å². The van der Waals surface area contributed by atoms with E-state index in [4.69, 9.17) is 0 Å². The maximum absolute atomic E-state index is 13.4. The summed E-state index contributed by atoms with van der Waals surface area (Å²) in [6.07, 6.45) is -1.28. The van der Waals surface area contributed by atoms with Crippen molar-refractivity contribution >= 4 is 11.7 Å². The number of halogens is 4. The third-order valence-electron chi connectivity index (χ3n) is 5.56. The summed E-state index contributed by atoms with van der Waals surface area (Å²) in [5, 5.41) is 7.11. The molecule has 168 valence electrons. The summed E-state index contributed by atoms with van der Waals surface area (Å²) >= 11 is 0. The minimum absolute atomic E-state index is 0.0468. The molecule has 32 heavy (non-hydrogen) atoms. The molecule has 4 rings (SSSR count). The van der Waals surface area contributed by atoms with E-state index in [2.05, 4.69) is 15.3 Å². The van der Waals surface area contributed by atoms with Crippen molar-refractivity contribution in [2.24, 2.45) is 0 Å². The zero-order valence-corrected chi connectivity index (χ0v) is 17.1. The van der Waals surface area contributed by atoms with Gasteiger partial charge in [0.15, 0.2) is 0 Å². The minimum atomic E-state index is -4.35. The molecule has 2 heterocycles. The van der Waals surface area contributed by atoms with E-state index in [0.717, 1.165) is 18.9 Å². The Kier molecular flexibility index (Phi) is 6.27. The van der Waals surface area contributed by atoms with E-state index >= 15 is 0 Å². The largest absolute Gasteiger partial charge is 0.416 e. The van der Waals surface area contributed by atoms with Gasteiger partial charge < -0.3 is 5.32 Å². The summed E-state index contributed by atoms with van der Waals surface area (Å²) in [6, 6.07) is 12.6. The number of hydrogen-bond donors (Lipinski definition) is 1. The summed E-state index contributed by atoms with van der Waals surface area (Å²) < 4.78 is 54.0. The lowest BCUT2D eigenvalue weighted by Crippen LogP contribution is -2.35. The number of carbonyl (C=O) groups excluding carboxylic acids is 1. The van der Waals surface area contributed by atoms with Crippen LogP contribution in [0.1, 0.15) is 40.4 Å². The smallest absolute Gasteiger partial charge is 0.307 e. The van der Waals surface area contributed by atoms with Crippen LogP contribution in [0.3, 0.4) is 0 Å². The molecule has 1 amide bonds. The summed E-state index contributed by atoms with van der Waals surface area (Å²) in [5.74, 6) is -0.386. The molecule has 0 spiro atoms. The Bertz CT molecular complexity index is 1090. The second-order valence-electron chi connectivity index (χ2n) is 7.83. The maximum atomic E-state index is 13.4. The third kappa shape index (κ3) is 5.16. The van der Waals surface area contributed by atoms with Crippen molar-refractivity contribution in [3.63, 3.8) is 0 Å². The molecule has 0 unspecified atom stereocenters. The van der Waals surface area contributed by atoms with E-state index in [0.29, 0.717) is 31.0 Å². The van der Waals surface area contributed by atoms with Crippen LogP contribution in [0.15, 0.2) is 60.8 Å². The molecule has 1 N–H and O–H groups in total. The van der Waals surface area contributed by atoms with Crippen molar-refractivity contribution in [3.8, 4) is 0 Å². The fourth-order valence-corrected chi connectivity index (χ4v) is 3.95. The molecule has 9 heteroatoms. The highest BCUT2D eigenvalue weighted by Crippen LogP contribution is 2.31. The number of nitrogens with zero attached hydrogens (tertiary/aromatic N) is 3. The molecule has 0 radical (unpaired) electrons. The predicted molar refractivity (Wildman–Crippen MR) is 112 cm³/mol. The third-order valence-corrected chi connectivity index (χ3v) is 5.56. The minimum Gasteiger partial charge on any atom is -0.307 e. The lowest BCUT2D eigenvalue weighted by Gasteiger charge is -2.32. The van der Waals surface area contributed by atoms with Gasteiger partial charge in [-0.25, -0.2) is 9.07 Å². The van der Waals surface area contributed by atoms with Gasteiger partial charge in [0.1, 0.15) is 11.6 Å². The molecule has 0 atom stereocenters. The Balaban J connectivity index is 1.36. The van der Waals surface area contributed by atoms with E-state index < -0.39 is 23.5 Å². The number of hydrogen-bond acceptors (Lipinski definition) is 3. The molecule has 1 fully saturated rings. The van der Waals surface area contributed by atoms with Gasteiger partial charge in [0.05, 0.1) is 17.8 Å². The van der Waals surface area contributed by atoms with Gasteiger partial charge in [0.25, 0.3) is 5.91 Å². The number of aromatic nitrogens is 2. The lowest BCUT2D eigenvalue weighted by atomic mass is 10.0. The van der Waals surface area contributed by atoms with Crippen molar-refractivity contribution in [2.75, 3.05) is 18.4 Å². The molecule has 2 aromatic carbocycles. The van der Waals surface area contributed by atoms with Gasteiger partial charge in [-0.05, 0) is 42.7 Å². The number of carbonyl (C=O) groups is 1. The lowest BCUT2D eigenvalue weighted by molar-refractivity contribution is -0.137. The predicted octanol–water partition coefficient (Wildman–Crippen LogP) is 5.13. The Morgan fingerprint density at radius 2 is 1.81 bits per heavy atom. The fourth-order valence-electron chi connectivity index (χ4n) is 3.95. The van der Waals surface area contributed by atoms with Crippen LogP contribution in [0, 0.1) is 5.82 Å². The Morgan fingerprint density at radius 3 is 2.53 bits per heavy atom. The molecule has 0 bridgehead atoms. The van der Waals surface area contributed by atoms with Crippen LogP contribution >= 0.6 is 0 Å². The molecular formula is C23H22F4N4O. The summed E-state index contributed by atoms with van der Waals surface area (Å²) in [4.78, 5) is 14.6. The van der Waals surface area contributed by atoms with Gasteiger partial charge in [-0.3, -0.25) is 9.69 Å². The molecule has 3 aromatic rings. The Morgan fingerprint density at radius 1 is 1.06 bits per heavy atom. The highest BCUT2D eigenvalue weighted by atomic mass is 19.4. The molecule has 1 aliphatic heterocycles. The number of benzene rings is 2. The first-order valence-corrected chi connectivity index (χ1v) is 10.3. The van der Waals surface area contributed by atoms with E-state index in [1.54, 1.807) is 23.0 Å². The normalized spacial score (nSPS) is 15.6. The van der Waals surface area contributed by atoms with Crippen molar-refractivity contribution in [3.05, 3.63) is 83.3 Å². The molecule has 1 saturated heterocycles. The van der Waals surface area contributed by atoms with Crippen molar-refractivity contribution in [1.82, 2.24) is 14.7 Å². The van der Waals surface area contributed by atoms with Crippen LogP contribution in [0.4, 0.5) is 23.4 Å². The standard InChI is InChI=1S/C23H22F4N4O/c24-19-6-2-4-17(14-19)22(32)29-21-7-10-28-31(21)20-8-11-30(12-9-20)15-16-3-1-5-18(13-16)23(25,26)27/h1-7,10,13-14,20H,8-9,11-12,15H2,(H,29,32). The number of anilines is 1. The van der Waals surface area contributed by atoms with Crippen LogP contribution in [-0.2, 0) is 12.7 Å². The number of piperidine rings is 1. The molecular weight excluding hydrogens is 424 g/mol. The van der Waals surface area contributed by atoms with Crippen LogP contribution in [-0.4, -0.2) is 33.7 Å². The van der Waals surface area contributed by atoms with E-state index in [1.165, 1.54) is 36.4 Å². The summed E-state index contributed by atoms with van der Waals surface area (Å²) in [7, 11) is 0. The SMILES string of the molecule is O=C(Nc1ccnn1C1CCN(Cc2cccc(C(F)(F)F)c2)CC1)c1cccc(F)c1. The highest BCUT2D eigenvalue weighted by molar-refractivity contribution is 6.03. The monoisotopic (exact) mass is 446 g/mol. The first-order chi connectivity index (χ1) is 15.3. The quantitative estimate of drug-likeness (QED) is 0.553. The van der Waals surface area contributed by atoms with Crippen LogP contribution in [0.25, 0.3) is 0 Å². The number of amides is 1. The second kappa shape index (κ2) is 9.12. The van der Waals surface area contributed by atoms with Gasteiger partial charge >= 0.3 is 6.18 Å². The topological polar surface area (TPSA) is 50.2 Å². The average Bonchev–Trinajstić information content (AvgIpc) is 3.22. The first kappa shape index (κ1) is 22.0. The molecule has 1 aliphatic rings. The number of likely N-dealkylation sites (tertiary alicyclic amines) is 1.